The largest absolute Gasteiger partial charge is 0.361 e. The van der Waals surface area contributed by atoms with E-state index in [-0.39, 0.29) is 12.0 Å². The molecule has 0 spiro atoms. The molecule has 0 aliphatic carbocycles. The summed E-state index contributed by atoms with van der Waals surface area (Å²) in [5.74, 6) is 0.478. The van der Waals surface area contributed by atoms with Gasteiger partial charge in [0.1, 0.15) is 23.5 Å². The van der Waals surface area contributed by atoms with Crippen LogP contribution in [0.25, 0.3) is 0 Å². The van der Waals surface area contributed by atoms with Gasteiger partial charge in [-0.05, 0) is 37.1 Å². The van der Waals surface area contributed by atoms with Gasteiger partial charge < -0.3 is 9.26 Å². The van der Waals surface area contributed by atoms with Gasteiger partial charge in [0, 0.05) is 12.5 Å². The first kappa shape index (κ1) is 13.3. The van der Waals surface area contributed by atoms with E-state index in [1.165, 1.54) is 12.1 Å². The quantitative estimate of drug-likeness (QED) is 0.912. The zero-order valence-corrected chi connectivity index (χ0v) is 11.1. The molecule has 20 heavy (non-hydrogen) atoms. The molecule has 0 amide bonds. The summed E-state index contributed by atoms with van der Waals surface area (Å²) in [6.45, 7) is 1.44. The van der Waals surface area contributed by atoms with Gasteiger partial charge in [-0.2, -0.15) is 0 Å². The molecule has 4 nitrogen and oxygen atoms in total. The van der Waals surface area contributed by atoms with Crippen molar-refractivity contribution < 1.29 is 13.7 Å². The number of halogens is 1. The monoisotopic (exact) mass is 276 g/mol. The van der Waals surface area contributed by atoms with Crippen molar-refractivity contribution in [1.82, 2.24) is 10.5 Å². The SMILES string of the molecule is Fc1cccc(Cc2cc(CO[C@H]3CCCN3)no2)c1. The van der Waals surface area contributed by atoms with Crippen LogP contribution in [0.5, 0.6) is 0 Å². The Morgan fingerprint density at radius 3 is 3.15 bits per heavy atom. The fourth-order valence-electron chi connectivity index (χ4n) is 2.34. The Bertz CT molecular complexity index is 565. The summed E-state index contributed by atoms with van der Waals surface area (Å²) in [4.78, 5) is 0. The number of benzene rings is 1. The van der Waals surface area contributed by atoms with Gasteiger partial charge in [-0.15, -0.1) is 0 Å². The van der Waals surface area contributed by atoms with Crippen molar-refractivity contribution in [2.75, 3.05) is 6.54 Å². The van der Waals surface area contributed by atoms with Crippen LogP contribution in [0.15, 0.2) is 34.9 Å². The Morgan fingerprint density at radius 2 is 2.35 bits per heavy atom. The van der Waals surface area contributed by atoms with Gasteiger partial charge in [0.05, 0.1) is 6.61 Å². The van der Waals surface area contributed by atoms with E-state index >= 15 is 0 Å². The number of ether oxygens (including phenoxy) is 1. The summed E-state index contributed by atoms with van der Waals surface area (Å²) in [5, 5.41) is 7.23. The molecule has 2 heterocycles. The van der Waals surface area contributed by atoms with E-state index < -0.39 is 0 Å². The molecule has 1 aliphatic rings. The second kappa shape index (κ2) is 6.15. The highest BCUT2D eigenvalue weighted by atomic mass is 19.1. The van der Waals surface area contributed by atoms with Crippen molar-refractivity contribution in [2.45, 2.75) is 32.1 Å². The zero-order valence-electron chi connectivity index (χ0n) is 11.1. The average Bonchev–Trinajstić information content (AvgIpc) is 3.07. The fourth-order valence-corrected chi connectivity index (χ4v) is 2.34. The van der Waals surface area contributed by atoms with Crippen molar-refractivity contribution in [1.29, 1.82) is 0 Å². The second-order valence-electron chi connectivity index (χ2n) is 4.99. The molecule has 106 valence electrons. The lowest BCUT2D eigenvalue weighted by Crippen LogP contribution is -2.24. The third kappa shape index (κ3) is 3.43. The Hall–Kier alpha value is -1.72. The van der Waals surface area contributed by atoms with E-state index in [0.717, 1.165) is 30.6 Å². The number of hydrogen-bond acceptors (Lipinski definition) is 4. The molecular formula is C15H17FN2O2. The molecule has 1 aliphatic heterocycles. The standard InChI is InChI=1S/C15H17FN2O2/c16-12-4-1-3-11(7-12)8-14-9-13(18-20-14)10-19-15-5-2-6-17-15/h1,3-4,7,9,15,17H,2,5-6,8,10H2/t15-/m0/s1. The third-order valence-electron chi connectivity index (χ3n) is 3.32. The normalized spacial score (nSPS) is 18.6. The van der Waals surface area contributed by atoms with Crippen LogP contribution >= 0.6 is 0 Å². The maximum Gasteiger partial charge on any atom is 0.141 e. The van der Waals surface area contributed by atoms with Crippen molar-refractivity contribution >= 4 is 0 Å². The summed E-state index contributed by atoms with van der Waals surface area (Å²) in [5.41, 5.74) is 1.64. The van der Waals surface area contributed by atoms with E-state index in [2.05, 4.69) is 10.5 Å². The third-order valence-corrected chi connectivity index (χ3v) is 3.32. The maximum absolute atomic E-state index is 13.1. The van der Waals surface area contributed by atoms with Crippen molar-refractivity contribution in [3.63, 3.8) is 0 Å². The molecule has 2 aromatic rings. The lowest BCUT2D eigenvalue weighted by atomic mass is 10.1. The van der Waals surface area contributed by atoms with Crippen LogP contribution in [-0.4, -0.2) is 17.9 Å². The molecule has 0 unspecified atom stereocenters. The minimum absolute atomic E-state index is 0.123. The fraction of sp³-hybridized carbons (Fsp3) is 0.400. The van der Waals surface area contributed by atoms with E-state index in [1.54, 1.807) is 6.07 Å². The van der Waals surface area contributed by atoms with Crippen LogP contribution in [-0.2, 0) is 17.8 Å². The molecule has 1 atom stereocenters. The Kier molecular flexibility index (Phi) is 4.08. The lowest BCUT2D eigenvalue weighted by Gasteiger charge is -2.09. The van der Waals surface area contributed by atoms with Crippen LogP contribution in [0, 0.1) is 5.82 Å². The summed E-state index contributed by atoms with van der Waals surface area (Å²) in [7, 11) is 0. The molecule has 0 saturated carbocycles. The van der Waals surface area contributed by atoms with E-state index in [9.17, 15) is 4.39 Å². The predicted octanol–water partition coefficient (Wildman–Crippen LogP) is 2.63. The second-order valence-corrected chi connectivity index (χ2v) is 4.99. The van der Waals surface area contributed by atoms with Gasteiger partial charge in [-0.1, -0.05) is 17.3 Å². The van der Waals surface area contributed by atoms with E-state index in [1.807, 2.05) is 12.1 Å². The van der Waals surface area contributed by atoms with Gasteiger partial charge in [0.25, 0.3) is 0 Å². The molecule has 1 aromatic carbocycles. The van der Waals surface area contributed by atoms with Crippen molar-refractivity contribution in [3.8, 4) is 0 Å². The van der Waals surface area contributed by atoms with E-state index in [0.29, 0.717) is 18.8 Å². The molecule has 0 radical (unpaired) electrons. The van der Waals surface area contributed by atoms with Crippen LogP contribution in [0.4, 0.5) is 4.39 Å². The van der Waals surface area contributed by atoms with Gasteiger partial charge in [-0.25, -0.2) is 4.39 Å². The lowest BCUT2D eigenvalue weighted by molar-refractivity contribution is 0.0281. The van der Waals surface area contributed by atoms with Gasteiger partial charge in [-0.3, -0.25) is 5.32 Å². The van der Waals surface area contributed by atoms with Crippen LogP contribution < -0.4 is 5.32 Å². The van der Waals surface area contributed by atoms with Crippen LogP contribution in [0.1, 0.15) is 29.9 Å². The summed E-state index contributed by atoms with van der Waals surface area (Å²) < 4.78 is 24.0. The summed E-state index contributed by atoms with van der Waals surface area (Å²) >= 11 is 0. The van der Waals surface area contributed by atoms with Gasteiger partial charge >= 0.3 is 0 Å². The number of nitrogens with one attached hydrogen (secondary N) is 1. The van der Waals surface area contributed by atoms with Crippen LogP contribution in [0.3, 0.4) is 0 Å². The molecular weight excluding hydrogens is 259 g/mol. The molecule has 3 rings (SSSR count). The molecule has 1 aromatic heterocycles. The Labute approximate surface area is 116 Å². The average molecular weight is 276 g/mol. The smallest absolute Gasteiger partial charge is 0.141 e. The summed E-state index contributed by atoms with van der Waals surface area (Å²) in [6.07, 6.45) is 2.84. The van der Waals surface area contributed by atoms with Crippen molar-refractivity contribution in [3.05, 3.63) is 53.2 Å². The first-order chi connectivity index (χ1) is 9.79. The van der Waals surface area contributed by atoms with Crippen LogP contribution in [0.2, 0.25) is 0 Å². The molecule has 5 heteroatoms. The molecule has 1 N–H and O–H groups in total. The molecule has 0 bridgehead atoms. The summed E-state index contributed by atoms with van der Waals surface area (Å²) in [6, 6.07) is 8.35. The highest BCUT2D eigenvalue weighted by molar-refractivity contribution is 5.21. The number of nitrogens with zero attached hydrogens (tertiary/aromatic N) is 1. The number of rotatable bonds is 5. The highest BCUT2D eigenvalue weighted by Crippen LogP contribution is 2.14. The number of aromatic nitrogens is 1. The minimum atomic E-state index is -0.238. The maximum atomic E-state index is 13.1. The topological polar surface area (TPSA) is 47.3 Å². The first-order valence-corrected chi connectivity index (χ1v) is 6.83. The molecule has 1 saturated heterocycles. The predicted molar refractivity (Wildman–Crippen MR) is 71.5 cm³/mol. The van der Waals surface area contributed by atoms with Crippen molar-refractivity contribution in [2.24, 2.45) is 0 Å². The highest BCUT2D eigenvalue weighted by Gasteiger charge is 2.15. The minimum Gasteiger partial charge on any atom is -0.361 e. The number of hydrogen-bond donors (Lipinski definition) is 1. The Balaban J connectivity index is 1.56. The van der Waals surface area contributed by atoms with E-state index in [4.69, 9.17) is 9.26 Å². The van der Waals surface area contributed by atoms with Gasteiger partial charge in [0.15, 0.2) is 0 Å². The molecule has 1 fully saturated rings. The first-order valence-electron chi connectivity index (χ1n) is 6.83. The zero-order chi connectivity index (χ0) is 13.8. The van der Waals surface area contributed by atoms with Gasteiger partial charge in [0.2, 0.25) is 0 Å². The Morgan fingerprint density at radius 1 is 1.40 bits per heavy atom.